The lowest BCUT2D eigenvalue weighted by molar-refractivity contribution is 0.186. The van der Waals surface area contributed by atoms with E-state index in [4.69, 9.17) is 9.98 Å². The highest BCUT2D eigenvalue weighted by atomic mass is 14.9. The Labute approximate surface area is 140 Å². The molecule has 0 aromatic heterocycles. The van der Waals surface area contributed by atoms with Gasteiger partial charge in [0.1, 0.15) is 0 Å². The highest BCUT2D eigenvalue weighted by molar-refractivity contribution is 5.93. The van der Waals surface area contributed by atoms with Crippen LogP contribution in [0.2, 0.25) is 0 Å². The van der Waals surface area contributed by atoms with Crippen molar-refractivity contribution in [2.75, 3.05) is 6.54 Å². The first-order chi connectivity index (χ1) is 11.0. The van der Waals surface area contributed by atoms with Crippen LogP contribution in [-0.2, 0) is 0 Å². The standard InChI is InChI=1S/C21H30N2/c1-13(2)5-6-17-18-9-16-11-21(4)12-22-8-7-15(16)10-19(18)23-20(17)14(21)3/h5,12,14,17-18,20H,6-11H2,1-4H3. The van der Waals surface area contributed by atoms with E-state index in [1.54, 1.807) is 11.1 Å². The summed E-state index contributed by atoms with van der Waals surface area (Å²) in [6, 6.07) is 0.487. The van der Waals surface area contributed by atoms with E-state index >= 15 is 0 Å². The van der Waals surface area contributed by atoms with E-state index in [-0.39, 0.29) is 5.41 Å². The van der Waals surface area contributed by atoms with Gasteiger partial charge in [-0.2, -0.15) is 0 Å². The second kappa shape index (κ2) is 5.43. The molecule has 4 bridgehead atoms. The first kappa shape index (κ1) is 15.4. The first-order valence-electron chi connectivity index (χ1n) is 9.38. The van der Waals surface area contributed by atoms with Crippen molar-refractivity contribution >= 4 is 11.9 Å². The molecule has 2 aliphatic carbocycles. The van der Waals surface area contributed by atoms with E-state index in [9.17, 15) is 0 Å². The average Bonchev–Trinajstić information content (AvgIpc) is 2.85. The van der Waals surface area contributed by atoms with Gasteiger partial charge >= 0.3 is 0 Å². The molecule has 1 saturated carbocycles. The Hall–Kier alpha value is -1.18. The van der Waals surface area contributed by atoms with E-state index in [0.717, 1.165) is 25.3 Å². The molecule has 1 fully saturated rings. The van der Waals surface area contributed by atoms with Crippen molar-refractivity contribution in [2.24, 2.45) is 33.2 Å². The molecule has 0 aromatic carbocycles. The van der Waals surface area contributed by atoms with Crippen LogP contribution in [0.25, 0.3) is 0 Å². The van der Waals surface area contributed by atoms with Crippen molar-refractivity contribution in [1.82, 2.24) is 0 Å². The molecule has 124 valence electrons. The van der Waals surface area contributed by atoms with Gasteiger partial charge in [0.25, 0.3) is 0 Å². The number of nitrogens with zero attached hydrogens (tertiary/aromatic N) is 2. The molecule has 4 aliphatic rings. The summed E-state index contributed by atoms with van der Waals surface area (Å²) in [7, 11) is 0. The third kappa shape index (κ3) is 2.45. The van der Waals surface area contributed by atoms with Gasteiger partial charge in [0.05, 0.1) is 6.04 Å². The number of fused-ring (bicyclic) bond motifs is 2. The second-order valence-electron chi connectivity index (χ2n) is 8.74. The van der Waals surface area contributed by atoms with Gasteiger partial charge in [0, 0.05) is 36.2 Å². The number of hydrogen-bond acceptors (Lipinski definition) is 2. The monoisotopic (exact) mass is 310 g/mol. The molecule has 2 heterocycles. The maximum absolute atomic E-state index is 5.33. The van der Waals surface area contributed by atoms with Crippen LogP contribution in [-0.4, -0.2) is 24.5 Å². The molecule has 23 heavy (non-hydrogen) atoms. The number of hydrogen-bond donors (Lipinski definition) is 0. The largest absolute Gasteiger partial charge is 0.297 e. The minimum absolute atomic E-state index is 0.184. The van der Waals surface area contributed by atoms with Crippen LogP contribution in [0.4, 0.5) is 0 Å². The van der Waals surface area contributed by atoms with Crippen molar-refractivity contribution in [3.63, 3.8) is 0 Å². The predicted octanol–water partition coefficient (Wildman–Crippen LogP) is 5.01. The topological polar surface area (TPSA) is 24.7 Å². The fraction of sp³-hybridized carbons (Fsp3) is 0.714. The van der Waals surface area contributed by atoms with Crippen LogP contribution in [0.15, 0.2) is 32.8 Å². The Morgan fingerprint density at radius 1 is 1.35 bits per heavy atom. The van der Waals surface area contributed by atoms with Crippen LogP contribution in [0.3, 0.4) is 0 Å². The lowest BCUT2D eigenvalue weighted by atomic mass is 9.60. The van der Waals surface area contributed by atoms with E-state index in [1.807, 2.05) is 0 Å². The van der Waals surface area contributed by atoms with Crippen LogP contribution < -0.4 is 0 Å². The summed E-state index contributed by atoms with van der Waals surface area (Å²) in [6.45, 7) is 10.3. The minimum Gasteiger partial charge on any atom is -0.297 e. The number of aliphatic imine (C=N–C) groups is 2. The van der Waals surface area contributed by atoms with Gasteiger partial charge < -0.3 is 0 Å². The molecule has 0 aromatic rings. The first-order valence-corrected chi connectivity index (χ1v) is 9.38. The summed E-state index contributed by atoms with van der Waals surface area (Å²) < 4.78 is 0. The van der Waals surface area contributed by atoms with Gasteiger partial charge in [0.2, 0.25) is 0 Å². The zero-order chi connectivity index (χ0) is 16.2. The molecule has 2 aliphatic heterocycles. The Morgan fingerprint density at radius 2 is 2.17 bits per heavy atom. The Balaban J connectivity index is 1.79. The third-order valence-corrected chi connectivity index (χ3v) is 6.93. The molecule has 5 atom stereocenters. The fourth-order valence-corrected chi connectivity index (χ4v) is 5.33. The third-order valence-electron chi connectivity index (χ3n) is 6.93. The Kier molecular flexibility index (Phi) is 3.62. The molecule has 0 spiro atoms. The molecule has 5 unspecified atom stereocenters. The summed E-state index contributed by atoms with van der Waals surface area (Å²) in [4.78, 5) is 10.1. The second-order valence-corrected chi connectivity index (χ2v) is 8.74. The summed E-state index contributed by atoms with van der Waals surface area (Å²) in [6.07, 6.45) is 10.8. The van der Waals surface area contributed by atoms with Gasteiger partial charge in [0.15, 0.2) is 0 Å². The van der Waals surface area contributed by atoms with Crippen molar-refractivity contribution in [3.8, 4) is 0 Å². The minimum atomic E-state index is 0.184. The zero-order valence-corrected chi connectivity index (χ0v) is 15.1. The molecule has 0 N–H and O–H groups in total. The molecule has 0 saturated heterocycles. The summed E-state index contributed by atoms with van der Waals surface area (Å²) in [5.41, 5.74) is 6.60. The maximum Gasteiger partial charge on any atom is 0.0571 e. The predicted molar refractivity (Wildman–Crippen MR) is 98.4 cm³/mol. The van der Waals surface area contributed by atoms with Crippen molar-refractivity contribution in [2.45, 2.75) is 65.8 Å². The van der Waals surface area contributed by atoms with Crippen molar-refractivity contribution in [3.05, 3.63) is 22.8 Å². The molecule has 2 heteroatoms. The van der Waals surface area contributed by atoms with Gasteiger partial charge in [-0.1, -0.05) is 36.6 Å². The van der Waals surface area contributed by atoms with E-state index < -0.39 is 0 Å². The molecule has 0 radical (unpaired) electrons. The quantitative estimate of drug-likeness (QED) is 0.641. The highest BCUT2D eigenvalue weighted by Crippen LogP contribution is 2.53. The normalized spacial score (nSPS) is 41.3. The Morgan fingerprint density at radius 3 is 2.96 bits per heavy atom. The molecular weight excluding hydrogens is 280 g/mol. The van der Waals surface area contributed by atoms with Gasteiger partial charge in [-0.25, -0.2) is 0 Å². The number of allylic oxidation sites excluding steroid dienone is 3. The lowest BCUT2D eigenvalue weighted by Gasteiger charge is -2.43. The van der Waals surface area contributed by atoms with Crippen LogP contribution in [0.1, 0.15) is 59.8 Å². The lowest BCUT2D eigenvalue weighted by Crippen LogP contribution is -2.42. The van der Waals surface area contributed by atoms with Crippen LogP contribution in [0, 0.1) is 23.2 Å². The van der Waals surface area contributed by atoms with Gasteiger partial charge in [-0.3, -0.25) is 9.98 Å². The highest BCUT2D eigenvalue weighted by Gasteiger charge is 2.50. The summed E-state index contributed by atoms with van der Waals surface area (Å²) >= 11 is 0. The average molecular weight is 310 g/mol. The SMILES string of the molecule is CC(C)=CCC1C2CC3=C4CCN=CC(C)(C3)C(C)C1N=C2C4. The molecule has 0 amide bonds. The van der Waals surface area contributed by atoms with Crippen LogP contribution in [0.5, 0.6) is 0 Å². The van der Waals surface area contributed by atoms with Gasteiger partial charge in [-0.05, 0) is 51.4 Å². The molecular formula is C21H30N2. The maximum atomic E-state index is 5.33. The zero-order valence-electron chi connectivity index (χ0n) is 15.1. The van der Waals surface area contributed by atoms with E-state index in [2.05, 4.69) is 40.0 Å². The summed E-state index contributed by atoms with van der Waals surface area (Å²) in [5, 5.41) is 0. The molecule has 4 rings (SSSR count). The fourth-order valence-electron chi connectivity index (χ4n) is 5.33. The van der Waals surface area contributed by atoms with Gasteiger partial charge in [-0.15, -0.1) is 0 Å². The van der Waals surface area contributed by atoms with E-state index in [1.165, 1.54) is 30.5 Å². The van der Waals surface area contributed by atoms with Crippen molar-refractivity contribution in [1.29, 1.82) is 0 Å². The van der Waals surface area contributed by atoms with Crippen LogP contribution >= 0.6 is 0 Å². The number of rotatable bonds is 2. The Bertz CT molecular complexity index is 632. The smallest absolute Gasteiger partial charge is 0.0571 e. The molecule has 2 nitrogen and oxygen atoms in total. The van der Waals surface area contributed by atoms with Crippen molar-refractivity contribution < 1.29 is 0 Å². The summed E-state index contributed by atoms with van der Waals surface area (Å²) in [5.74, 6) is 2.01. The van der Waals surface area contributed by atoms with E-state index in [0.29, 0.717) is 17.9 Å².